The number of ether oxygens (including phenoxy) is 3. The fourth-order valence-electron chi connectivity index (χ4n) is 4.80. The van der Waals surface area contributed by atoms with Gasteiger partial charge in [-0.1, -0.05) is 38.1 Å². The number of nitrogens with one attached hydrogen (secondary N) is 1. The number of carbonyl (C=O) groups is 3. The molecule has 2 amide bonds. The molecule has 4 rings (SSSR count). The fourth-order valence-corrected chi connectivity index (χ4v) is 4.80. The van der Waals surface area contributed by atoms with Crippen molar-refractivity contribution in [1.82, 2.24) is 20.4 Å². The first kappa shape index (κ1) is 30.6. The summed E-state index contributed by atoms with van der Waals surface area (Å²) in [5.41, 5.74) is 1.22. The summed E-state index contributed by atoms with van der Waals surface area (Å²) in [5, 5.41) is 16.7. The van der Waals surface area contributed by atoms with Gasteiger partial charge in [-0.2, -0.15) is 0 Å². The Bertz CT molecular complexity index is 1490. The second kappa shape index (κ2) is 11.5. The highest BCUT2D eigenvalue weighted by atomic mass is 16.6. The van der Waals surface area contributed by atoms with Crippen molar-refractivity contribution in [2.45, 2.75) is 78.7 Å². The molecule has 3 aromatic rings. The first-order valence-corrected chi connectivity index (χ1v) is 13.7. The van der Waals surface area contributed by atoms with E-state index in [-0.39, 0.29) is 13.0 Å². The molecule has 2 N–H and O–H groups in total. The van der Waals surface area contributed by atoms with Crippen LogP contribution >= 0.6 is 0 Å². The average Bonchev–Trinajstić information content (AvgIpc) is 3.49. The number of aryl methyl sites for hydroxylation is 1. The maximum atomic E-state index is 13.8. The van der Waals surface area contributed by atoms with E-state index in [1.165, 1.54) is 4.90 Å². The van der Waals surface area contributed by atoms with Gasteiger partial charge in [0.05, 0.1) is 19.3 Å². The van der Waals surface area contributed by atoms with Crippen LogP contribution in [0.1, 0.15) is 53.7 Å². The van der Waals surface area contributed by atoms with E-state index in [4.69, 9.17) is 23.7 Å². The van der Waals surface area contributed by atoms with Crippen LogP contribution < -0.4 is 14.8 Å². The summed E-state index contributed by atoms with van der Waals surface area (Å²) < 4.78 is 22.6. The van der Waals surface area contributed by atoms with Crippen LogP contribution in [0.3, 0.4) is 0 Å². The van der Waals surface area contributed by atoms with E-state index in [1.54, 1.807) is 61.6 Å². The van der Waals surface area contributed by atoms with Gasteiger partial charge in [-0.05, 0) is 45.2 Å². The van der Waals surface area contributed by atoms with E-state index in [0.717, 1.165) is 5.56 Å². The number of pyridine rings is 1. The Morgan fingerprint density at radius 2 is 1.86 bits per heavy atom. The van der Waals surface area contributed by atoms with E-state index in [2.05, 4.69) is 10.5 Å². The number of alkyl carbamates (subject to hydrolysis) is 1. The molecule has 42 heavy (non-hydrogen) atoms. The van der Waals surface area contributed by atoms with Crippen molar-refractivity contribution in [3.8, 4) is 22.8 Å². The van der Waals surface area contributed by atoms with Crippen LogP contribution in [0.2, 0.25) is 0 Å². The summed E-state index contributed by atoms with van der Waals surface area (Å²) in [4.78, 5) is 44.6. The van der Waals surface area contributed by atoms with Crippen LogP contribution in [0.4, 0.5) is 4.79 Å². The Hall–Kier alpha value is -4.35. The number of likely N-dealkylation sites (tertiary alicyclic amines) is 1. The van der Waals surface area contributed by atoms with Crippen LogP contribution in [-0.2, 0) is 14.3 Å². The van der Waals surface area contributed by atoms with Crippen LogP contribution in [0.15, 0.2) is 34.9 Å². The molecule has 1 aromatic carbocycles. The van der Waals surface area contributed by atoms with Gasteiger partial charge < -0.3 is 34.1 Å². The van der Waals surface area contributed by atoms with Gasteiger partial charge in [0.15, 0.2) is 5.75 Å². The number of hydrogen-bond acceptors (Lipinski definition) is 9. The topological polar surface area (TPSA) is 153 Å². The molecule has 1 saturated heterocycles. The number of carboxylic acid groups (broad SMARTS) is 1. The number of methoxy groups -OCH3 is 1. The summed E-state index contributed by atoms with van der Waals surface area (Å²) in [6.07, 6.45) is -1.43. The second-order valence-electron chi connectivity index (χ2n) is 12.4. The molecule has 0 radical (unpaired) electrons. The van der Waals surface area contributed by atoms with Crippen molar-refractivity contribution < 1.29 is 38.2 Å². The van der Waals surface area contributed by atoms with Gasteiger partial charge in [0, 0.05) is 18.1 Å². The molecular weight excluding hydrogens is 544 g/mol. The first-order valence-electron chi connectivity index (χ1n) is 13.7. The van der Waals surface area contributed by atoms with Crippen molar-refractivity contribution in [2.24, 2.45) is 5.41 Å². The quantitative estimate of drug-likeness (QED) is 0.405. The summed E-state index contributed by atoms with van der Waals surface area (Å²) in [7, 11) is 1.58. The number of nitrogens with zero attached hydrogens (tertiary/aromatic N) is 3. The van der Waals surface area contributed by atoms with E-state index >= 15 is 0 Å². The predicted molar refractivity (Wildman–Crippen MR) is 153 cm³/mol. The van der Waals surface area contributed by atoms with Gasteiger partial charge in [-0.15, -0.1) is 0 Å². The molecule has 12 heteroatoms. The number of benzene rings is 1. The third-order valence-corrected chi connectivity index (χ3v) is 6.82. The predicted octanol–water partition coefficient (Wildman–Crippen LogP) is 4.58. The molecule has 226 valence electrons. The lowest BCUT2D eigenvalue weighted by Crippen LogP contribution is -2.57. The van der Waals surface area contributed by atoms with Crippen molar-refractivity contribution in [1.29, 1.82) is 0 Å². The maximum absolute atomic E-state index is 13.8. The highest BCUT2D eigenvalue weighted by molar-refractivity contribution is 5.90. The largest absolute Gasteiger partial charge is 0.497 e. The lowest BCUT2D eigenvalue weighted by Gasteiger charge is -2.35. The molecule has 1 aliphatic heterocycles. The molecule has 0 aliphatic carbocycles. The van der Waals surface area contributed by atoms with Gasteiger partial charge >= 0.3 is 12.1 Å². The van der Waals surface area contributed by atoms with Crippen LogP contribution in [-0.4, -0.2) is 75.6 Å². The monoisotopic (exact) mass is 582 g/mol. The summed E-state index contributed by atoms with van der Waals surface area (Å²) in [6, 6.07) is 6.87. The summed E-state index contributed by atoms with van der Waals surface area (Å²) in [5.74, 6) is -0.742. The number of hydrogen-bond donors (Lipinski definition) is 2. The van der Waals surface area contributed by atoms with Crippen molar-refractivity contribution in [3.05, 3.63) is 36.0 Å². The zero-order valence-electron chi connectivity index (χ0n) is 25.2. The lowest BCUT2D eigenvalue weighted by atomic mass is 9.85. The Kier molecular flexibility index (Phi) is 8.38. The molecule has 3 unspecified atom stereocenters. The minimum Gasteiger partial charge on any atom is -0.497 e. The van der Waals surface area contributed by atoms with Gasteiger partial charge in [0.2, 0.25) is 11.5 Å². The molecule has 3 heterocycles. The Morgan fingerprint density at radius 3 is 2.48 bits per heavy atom. The van der Waals surface area contributed by atoms with Crippen LogP contribution in [0.25, 0.3) is 22.4 Å². The van der Waals surface area contributed by atoms with Gasteiger partial charge in [-0.3, -0.25) is 4.79 Å². The molecule has 1 aliphatic rings. The molecule has 0 spiro atoms. The molecule has 2 aromatic heterocycles. The number of carbonyl (C=O) groups excluding carboxylic acids is 2. The average molecular weight is 583 g/mol. The van der Waals surface area contributed by atoms with E-state index in [9.17, 15) is 19.5 Å². The number of fused-ring (bicyclic) bond motifs is 1. The molecule has 3 atom stereocenters. The number of aliphatic carboxylic acids is 1. The molecular formula is C30H38N4O8. The first-order chi connectivity index (χ1) is 19.6. The number of rotatable bonds is 7. The van der Waals surface area contributed by atoms with Crippen molar-refractivity contribution in [3.63, 3.8) is 0 Å². The SMILES string of the molecule is COc1cccc(-c2cc(OC3CC(C(=O)O)N(C(=O)C(NC(=O)OC(C)(C)C)C(C)(C)C)C3)c3onc(C)c3n2)c1. The Morgan fingerprint density at radius 1 is 1.14 bits per heavy atom. The highest BCUT2D eigenvalue weighted by Crippen LogP contribution is 2.35. The van der Waals surface area contributed by atoms with Crippen LogP contribution in [0, 0.1) is 12.3 Å². The van der Waals surface area contributed by atoms with Crippen LogP contribution in [0.5, 0.6) is 11.5 Å². The van der Waals surface area contributed by atoms with Gasteiger partial charge in [0.1, 0.15) is 40.7 Å². The Labute approximate surface area is 244 Å². The summed E-state index contributed by atoms with van der Waals surface area (Å²) >= 11 is 0. The molecule has 0 bridgehead atoms. The minimum atomic E-state index is -1.17. The fraction of sp³-hybridized carbons (Fsp3) is 0.500. The highest BCUT2D eigenvalue weighted by Gasteiger charge is 2.46. The number of carboxylic acids is 1. The molecule has 12 nitrogen and oxygen atoms in total. The minimum absolute atomic E-state index is 0.0236. The number of amides is 2. The van der Waals surface area contributed by atoms with Gasteiger partial charge in [0.25, 0.3) is 0 Å². The zero-order chi connectivity index (χ0) is 31.0. The van der Waals surface area contributed by atoms with E-state index in [1.807, 2.05) is 24.3 Å². The van der Waals surface area contributed by atoms with Gasteiger partial charge in [-0.25, -0.2) is 14.6 Å². The lowest BCUT2D eigenvalue weighted by molar-refractivity contribution is -0.150. The normalized spacial score (nSPS) is 18.0. The summed E-state index contributed by atoms with van der Waals surface area (Å²) in [6.45, 7) is 12.2. The molecule has 0 saturated carbocycles. The molecule has 1 fully saturated rings. The second-order valence-corrected chi connectivity index (χ2v) is 12.4. The number of aromatic nitrogens is 2. The van der Waals surface area contributed by atoms with E-state index in [0.29, 0.717) is 34.0 Å². The third kappa shape index (κ3) is 6.75. The zero-order valence-corrected chi connectivity index (χ0v) is 25.2. The smallest absolute Gasteiger partial charge is 0.408 e. The van der Waals surface area contributed by atoms with Crippen molar-refractivity contribution >= 4 is 29.1 Å². The Balaban J connectivity index is 1.63. The third-order valence-electron chi connectivity index (χ3n) is 6.82. The maximum Gasteiger partial charge on any atom is 0.408 e. The standard InChI is InChI=1S/C30H38N4O8/c1-16-23-24(42-33-16)22(14-20(31-23)17-10-9-11-18(12-17)39-8)40-19-13-21(27(36)37)34(15-19)26(35)25(29(2,3)4)32-28(38)41-30(5,6)7/h9-12,14,19,21,25H,13,15H2,1-8H3,(H,32,38)(H,36,37). The van der Waals surface area contributed by atoms with Crippen molar-refractivity contribution in [2.75, 3.05) is 13.7 Å². The van der Waals surface area contributed by atoms with E-state index < -0.39 is 47.2 Å².